The van der Waals surface area contributed by atoms with Crippen LogP contribution in [0.25, 0.3) is 10.9 Å². The van der Waals surface area contributed by atoms with Crippen molar-refractivity contribution in [1.82, 2.24) is 4.57 Å². The molecule has 0 radical (unpaired) electrons. The Balaban J connectivity index is 1.86. The smallest absolute Gasteiger partial charge is 0.276 e. The van der Waals surface area contributed by atoms with Gasteiger partial charge in [-0.3, -0.25) is 14.5 Å². The third kappa shape index (κ3) is 1.27. The molecule has 0 saturated carbocycles. The summed E-state index contributed by atoms with van der Waals surface area (Å²) in [6, 6.07) is 16.9. The fraction of sp³-hybridized carbons (Fsp3) is 0.111. The van der Waals surface area contributed by atoms with Gasteiger partial charge in [-0.15, -0.1) is 0 Å². The SMILES string of the molecule is O=C1c2cc(=O)c3ccccc3n2C2Cc3ccccc3N12. The van der Waals surface area contributed by atoms with E-state index in [0.29, 0.717) is 11.1 Å². The molecule has 5 rings (SSSR count). The summed E-state index contributed by atoms with van der Waals surface area (Å²) in [5.41, 5.74) is 3.36. The lowest BCUT2D eigenvalue weighted by molar-refractivity contribution is 0.0993. The number of carbonyl (C=O) groups excluding carboxylic acids is 1. The zero-order valence-corrected chi connectivity index (χ0v) is 11.7. The number of hydrogen-bond donors (Lipinski definition) is 0. The van der Waals surface area contributed by atoms with Gasteiger partial charge in [-0.25, -0.2) is 0 Å². The molecule has 3 heterocycles. The lowest BCUT2D eigenvalue weighted by atomic mass is 10.1. The fourth-order valence-corrected chi connectivity index (χ4v) is 3.72. The first-order valence-electron chi connectivity index (χ1n) is 7.31. The zero-order valence-electron chi connectivity index (χ0n) is 11.7. The molecule has 2 aliphatic heterocycles. The van der Waals surface area contributed by atoms with Crippen molar-refractivity contribution in [2.24, 2.45) is 0 Å². The molecule has 106 valence electrons. The average molecular weight is 288 g/mol. The predicted molar refractivity (Wildman–Crippen MR) is 84.2 cm³/mol. The van der Waals surface area contributed by atoms with Crippen molar-refractivity contribution in [3.63, 3.8) is 0 Å². The standard InChI is InChI=1S/C18H12N2O2/c21-16-10-15-18(22)20-13-7-3-1-5-11(13)9-17(20)19(15)14-8-4-2-6-12(14)16/h1-8,10,17H,9H2. The normalized spacial score (nSPS) is 18.5. The second kappa shape index (κ2) is 3.85. The van der Waals surface area contributed by atoms with Crippen LogP contribution in [0.3, 0.4) is 0 Å². The van der Waals surface area contributed by atoms with Crippen LogP contribution in [0.5, 0.6) is 0 Å². The molecular weight excluding hydrogens is 276 g/mol. The number of rotatable bonds is 0. The van der Waals surface area contributed by atoms with Gasteiger partial charge in [-0.1, -0.05) is 30.3 Å². The average Bonchev–Trinajstić information content (AvgIpc) is 3.04. The molecule has 1 unspecified atom stereocenters. The summed E-state index contributed by atoms with van der Waals surface area (Å²) < 4.78 is 2.01. The highest BCUT2D eigenvalue weighted by Gasteiger charge is 2.43. The largest absolute Gasteiger partial charge is 0.314 e. The van der Waals surface area contributed by atoms with Crippen LogP contribution in [0, 0.1) is 0 Å². The molecule has 2 aromatic carbocycles. The highest BCUT2D eigenvalue weighted by molar-refractivity contribution is 6.10. The van der Waals surface area contributed by atoms with Crippen molar-refractivity contribution < 1.29 is 4.79 Å². The number of anilines is 1. The summed E-state index contributed by atoms with van der Waals surface area (Å²) in [7, 11) is 0. The number of pyridine rings is 1. The van der Waals surface area contributed by atoms with E-state index in [9.17, 15) is 9.59 Å². The van der Waals surface area contributed by atoms with Crippen LogP contribution in [-0.2, 0) is 6.42 Å². The zero-order chi connectivity index (χ0) is 14.8. The number of hydrogen-bond acceptors (Lipinski definition) is 2. The van der Waals surface area contributed by atoms with Crippen molar-refractivity contribution >= 4 is 22.5 Å². The minimum absolute atomic E-state index is 0.0644. The number of benzene rings is 2. The first-order chi connectivity index (χ1) is 10.8. The molecule has 0 aliphatic carbocycles. The second-order valence-corrected chi connectivity index (χ2v) is 5.77. The van der Waals surface area contributed by atoms with Crippen molar-refractivity contribution in [2.75, 3.05) is 4.90 Å². The van der Waals surface area contributed by atoms with E-state index in [1.807, 2.05) is 51.9 Å². The van der Waals surface area contributed by atoms with Crippen molar-refractivity contribution in [3.05, 3.63) is 76.1 Å². The van der Waals surface area contributed by atoms with E-state index in [2.05, 4.69) is 6.07 Å². The predicted octanol–water partition coefficient (Wildman–Crippen LogP) is 2.72. The van der Waals surface area contributed by atoms with Crippen LogP contribution in [0.15, 0.2) is 59.4 Å². The Morgan fingerprint density at radius 2 is 1.73 bits per heavy atom. The summed E-state index contributed by atoms with van der Waals surface area (Å²) in [5, 5.41) is 0.664. The van der Waals surface area contributed by atoms with Gasteiger partial charge >= 0.3 is 0 Å². The molecule has 22 heavy (non-hydrogen) atoms. The molecule has 3 aromatic rings. The van der Waals surface area contributed by atoms with E-state index >= 15 is 0 Å². The van der Waals surface area contributed by atoms with E-state index in [-0.39, 0.29) is 17.5 Å². The molecule has 2 aliphatic rings. The van der Waals surface area contributed by atoms with Crippen LogP contribution in [-0.4, -0.2) is 10.5 Å². The Hall–Kier alpha value is -2.88. The lowest BCUT2D eigenvalue weighted by Crippen LogP contribution is -2.25. The quantitative estimate of drug-likeness (QED) is 0.638. The second-order valence-electron chi connectivity index (χ2n) is 5.77. The van der Waals surface area contributed by atoms with Crippen molar-refractivity contribution in [3.8, 4) is 0 Å². The number of carbonyl (C=O) groups is 1. The van der Waals surface area contributed by atoms with Crippen LogP contribution >= 0.6 is 0 Å². The molecule has 1 atom stereocenters. The van der Waals surface area contributed by atoms with Crippen LogP contribution in [0.1, 0.15) is 22.2 Å². The van der Waals surface area contributed by atoms with E-state index in [1.54, 1.807) is 0 Å². The number of para-hydroxylation sites is 2. The molecular formula is C18H12N2O2. The van der Waals surface area contributed by atoms with Crippen molar-refractivity contribution in [2.45, 2.75) is 12.6 Å². The van der Waals surface area contributed by atoms with Gasteiger partial charge in [0.2, 0.25) is 0 Å². The fourth-order valence-electron chi connectivity index (χ4n) is 3.72. The molecule has 0 bridgehead atoms. The van der Waals surface area contributed by atoms with Crippen LogP contribution < -0.4 is 10.3 Å². The van der Waals surface area contributed by atoms with Gasteiger partial charge in [0.25, 0.3) is 5.91 Å². The molecule has 4 nitrogen and oxygen atoms in total. The van der Waals surface area contributed by atoms with Gasteiger partial charge in [-0.05, 0) is 23.8 Å². The maximum atomic E-state index is 12.8. The molecule has 1 aromatic heterocycles. The molecule has 0 fully saturated rings. The summed E-state index contributed by atoms with van der Waals surface area (Å²) in [6.45, 7) is 0. The topological polar surface area (TPSA) is 42.3 Å². The van der Waals surface area contributed by atoms with Gasteiger partial charge in [0, 0.05) is 23.6 Å². The first-order valence-corrected chi connectivity index (χ1v) is 7.31. The minimum Gasteiger partial charge on any atom is -0.314 e. The summed E-state index contributed by atoms with van der Waals surface area (Å²) >= 11 is 0. The van der Waals surface area contributed by atoms with E-state index in [1.165, 1.54) is 11.6 Å². The van der Waals surface area contributed by atoms with Crippen molar-refractivity contribution in [1.29, 1.82) is 0 Å². The van der Waals surface area contributed by atoms with E-state index in [0.717, 1.165) is 17.6 Å². The maximum absolute atomic E-state index is 12.8. The van der Waals surface area contributed by atoms with Gasteiger partial charge < -0.3 is 4.57 Å². The molecule has 4 heteroatoms. The van der Waals surface area contributed by atoms with E-state index < -0.39 is 0 Å². The molecule has 0 spiro atoms. The monoisotopic (exact) mass is 288 g/mol. The summed E-state index contributed by atoms with van der Waals surface area (Å²) in [6.07, 6.45) is 0.715. The summed E-state index contributed by atoms with van der Waals surface area (Å²) in [5.74, 6) is -0.0854. The highest BCUT2D eigenvalue weighted by Crippen LogP contribution is 2.43. The van der Waals surface area contributed by atoms with Gasteiger partial charge in [0.1, 0.15) is 11.9 Å². The third-order valence-electron chi connectivity index (χ3n) is 4.64. The van der Waals surface area contributed by atoms with Gasteiger partial charge in [-0.2, -0.15) is 0 Å². The number of amides is 1. The van der Waals surface area contributed by atoms with E-state index in [4.69, 9.17) is 0 Å². The summed E-state index contributed by atoms with van der Waals surface area (Å²) in [4.78, 5) is 26.9. The number of nitrogens with zero attached hydrogens (tertiary/aromatic N) is 2. The Morgan fingerprint density at radius 1 is 0.955 bits per heavy atom. The maximum Gasteiger partial charge on any atom is 0.276 e. The Labute approximate surface area is 126 Å². The van der Waals surface area contributed by atoms with Crippen LogP contribution in [0.4, 0.5) is 5.69 Å². The van der Waals surface area contributed by atoms with Crippen LogP contribution in [0.2, 0.25) is 0 Å². The molecule has 0 saturated heterocycles. The lowest BCUT2D eigenvalue weighted by Gasteiger charge is -2.18. The van der Waals surface area contributed by atoms with Gasteiger partial charge in [0.15, 0.2) is 5.43 Å². The number of fused-ring (bicyclic) bond motifs is 7. The highest BCUT2D eigenvalue weighted by atomic mass is 16.2. The Bertz CT molecular complexity index is 1020. The third-order valence-corrected chi connectivity index (χ3v) is 4.64. The van der Waals surface area contributed by atoms with Gasteiger partial charge in [0.05, 0.1) is 5.52 Å². The Kier molecular flexibility index (Phi) is 2.06. The molecule has 1 amide bonds. The minimum atomic E-state index is -0.0929. The first kappa shape index (κ1) is 11.7. The number of aromatic nitrogens is 1. The molecule has 0 N–H and O–H groups in total. The Morgan fingerprint density at radius 3 is 2.64 bits per heavy atom.